The van der Waals surface area contributed by atoms with E-state index in [0.29, 0.717) is 32.4 Å². The van der Waals surface area contributed by atoms with Gasteiger partial charge in [-0.25, -0.2) is 0 Å². The van der Waals surface area contributed by atoms with Crippen molar-refractivity contribution >= 4 is 17.5 Å². The SMILES string of the molecule is CC(C)OCCCNC(=O)CCCC(=O)Nc1ccc(OCCC2CCCCC2)cc1. The maximum absolute atomic E-state index is 12.1. The third-order valence-corrected chi connectivity index (χ3v) is 5.56. The first-order valence-electron chi connectivity index (χ1n) is 11.9. The first-order valence-corrected chi connectivity index (χ1v) is 11.9. The number of carbonyl (C=O) groups excluding carboxylic acids is 2. The van der Waals surface area contributed by atoms with Crippen LogP contribution < -0.4 is 15.4 Å². The molecule has 1 fully saturated rings. The largest absolute Gasteiger partial charge is 0.494 e. The summed E-state index contributed by atoms with van der Waals surface area (Å²) in [5.41, 5.74) is 0.749. The molecule has 0 radical (unpaired) electrons. The van der Waals surface area contributed by atoms with Crippen LogP contribution in [-0.2, 0) is 14.3 Å². The number of amides is 2. The first kappa shape index (κ1) is 25.2. The van der Waals surface area contributed by atoms with Gasteiger partial charge < -0.3 is 20.1 Å². The molecule has 174 valence electrons. The Morgan fingerprint density at radius 2 is 1.68 bits per heavy atom. The number of anilines is 1. The van der Waals surface area contributed by atoms with E-state index in [4.69, 9.17) is 9.47 Å². The van der Waals surface area contributed by atoms with Crippen molar-refractivity contribution in [2.24, 2.45) is 5.92 Å². The summed E-state index contributed by atoms with van der Waals surface area (Å²) in [6.07, 6.45) is 10.1. The van der Waals surface area contributed by atoms with Crippen LogP contribution in [0.5, 0.6) is 5.75 Å². The van der Waals surface area contributed by atoms with Crippen LogP contribution in [0, 0.1) is 5.92 Å². The topological polar surface area (TPSA) is 76.7 Å². The Morgan fingerprint density at radius 3 is 2.39 bits per heavy atom. The van der Waals surface area contributed by atoms with Gasteiger partial charge in [-0.1, -0.05) is 32.1 Å². The molecule has 1 aliphatic carbocycles. The highest BCUT2D eigenvalue weighted by molar-refractivity contribution is 5.91. The molecule has 0 spiro atoms. The summed E-state index contributed by atoms with van der Waals surface area (Å²) in [5, 5.41) is 5.74. The van der Waals surface area contributed by atoms with Crippen molar-refractivity contribution in [3.63, 3.8) is 0 Å². The number of hydrogen-bond acceptors (Lipinski definition) is 4. The molecule has 1 aromatic rings. The Labute approximate surface area is 187 Å². The van der Waals surface area contributed by atoms with Crippen molar-refractivity contribution < 1.29 is 19.1 Å². The molecular weight excluding hydrogens is 392 g/mol. The molecule has 0 heterocycles. The molecule has 0 aromatic heterocycles. The predicted octanol–water partition coefficient (Wildman–Crippen LogP) is 5.08. The number of ether oxygens (including phenoxy) is 2. The van der Waals surface area contributed by atoms with Gasteiger partial charge in [0.2, 0.25) is 11.8 Å². The second-order valence-electron chi connectivity index (χ2n) is 8.69. The maximum atomic E-state index is 12.1. The number of rotatable bonds is 14. The molecule has 2 amide bonds. The first-order chi connectivity index (χ1) is 15.0. The van der Waals surface area contributed by atoms with Crippen molar-refractivity contribution in [1.82, 2.24) is 5.32 Å². The minimum Gasteiger partial charge on any atom is -0.494 e. The molecule has 1 aromatic carbocycles. The van der Waals surface area contributed by atoms with Crippen LogP contribution in [0.2, 0.25) is 0 Å². The van der Waals surface area contributed by atoms with E-state index in [0.717, 1.165) is 36.8 Å². The molecule has 2 N–H and O–H groups in total. The maximum Gasteiger partial charge on any atom is 0.224 e. The van der Waals surface area contributed by atoms with Crippen LogP contribution in [0.1, 0.15) is 78.1 Å². The van der Waals surface area contributed by atoms with Crippen molar-refractivity contribution in [1.29, 1.82) is 0 Å². The predicted molar refractivity (Wildman–Crippen MR) is 124 cm³/mol. The van der Waals surface area contributed by atoms with Gasteiger partial charge in [0.1, 0.15) is 5.75 Å². The molecule has 6 heteroatoms. The third-order valence-electron chi connectivity index (χ3n) is 5.56. The van der Waals surface area contributed by atoms with Gasteiger partial charge in [0, 0.05) is 31.7 Å². The molecule has 1 aliphatic rings. The van der Waals surface area contributed by atoms with Crippen molar-refractivity contribution in [2.75, 3.05) is 25.1 Å². The summed E-state index contributed by atoms with van der Waals surface area (Å²) in [7, 11) is 0. The lowest BCUT2D eigenvalue weighted by molar-refractivity contribution is -0.121. The fourth-order valence-electron chi connectivity index (χ4n) is 3.79. The van der Waals surface area contributed by atoms with E-state index in [9.17, 15) is 9.59 Å². The van der Waals surface area contributed by atoms with E-state index in [2.05, 4.69) is 10.6 Å². The lowest BCUT2D eigenvalue weighted by Gasteiger charge is -2.21. The summed E-state index contributed by atoms with van der Waals surface area (Å²) in [6.45, 7) is 5.98. The number of carbonyl (C=O) groups is 2. The Kier molecular flexibility index (Phi) is 12.1. The molecule has 0 atom stereocenters. The third kappa shape index (κ3) is 11.8. The van der Waals surface area contributed by atoms with Crippen LogP contribution in [0.4, 0.5) is 5.69 Å². The van der Waals surface area contributed by atoms with Gasteiger partial charge in [-0.05, 0) is 63.3 Å². The van der Waals surface area contributed by atoms with Gasteiger partial charge in [0.15, 0.2) is 0 Å². The van der Waals surface area contributed by atoms with E-state index in [1.807, 2.05) is 38.1 Å². The Bertz CT molecular complexity index is 639. The molecule has 0 aliphatic heterocycles. The standard InChI is InChI=1S/C25H40N2O4/c1-20(2)30-18-7-17-26-24(28)10-6-11-25(29)27-22-12-14-23(15-13-22)31-19-16-21-8-4-3-5-9-21/h12-15,20-21H,3-11,16-19H2,1-2H3,(H,26,28)(H,27,29). The lowest BCUT2D eigenvalue weighted by atomic mass is 9.87. The highest BCUT2D eigenvalue weighted by Gasteiger charge is 2.13. The number of benzene rings is 1. The quantitative estimate of drug-likeness (QED) is 0.402. The summed E-state index contributed by atoms with van der Waals surface area (Å²) in [5.74, 6) is 1.55. The van der Waals surface area contributed by atoms with Crippen LogP contribution >= 0.6 is 0 Å². The Morgan fingerprint density at radius 1 is 0.968 bits per heavy atom. The second kappa shape index (κ2) is 14.8. The van der Waals surface area contributed by atoms with Crippen molar-refractivity contribution in [2.45, 2.75) is 84.2 Å². The van der Waals surface area contributed by atoms with E-state index >= 15 is 0 Å². The summed E-state index contributed by atoms with van der Waals surface area (Å²) < 4.78 is 11.3. The fraction of sp³-hybridized carbons (Fsp3) is 0.680. The van der Waals surface area contributed by atoms with Gasteiger partial charge in [-0.15, -0.1) is 0 Å². The minimum atomic E-state index is -0.0795. The summed E-state index contributed by atoms with van der Waals surface area (Å²) >= 11 is 0. The van der Waals surface area contributed by atoms with Gasteiger partial charge in [0.25, 0.3) is 0 Å². The monoisotopic (exact) mass is 432 g/mol. The van der Waals surface area contributed by atoms with E-state index < -0.39 is 0 Å². The Hall–Kier alpha value is -2.08. The van der Waals surface area contributed by atoms with Gasteiger partial charge >= 0.3 is 0 Å². The Balaban J connectivity index is 1.53. The average molecular weight is 433 g/mol. The van der Waals surface area contributed by atoms with E-state index in [1.165, 1.54) is 32.1 Å². The molecule has 6 nitrogen and oxygen atoms in total. The normalized spacial score (nSPS) is 14.4. The zero-order chi connectivity index (χ0) is 22.3. The van der Waals surface area contributed by atoms with Crippen LogP contribution in [0.15, 0.2) is 24.3 Å². The zero-order valence-corrected chi connectivity index (χ0v) is 19.3. The van der Waals surface area contributed by atoms with Crippen LogP contribution in [-0.4, -0.2) is 37.7 Å². The molecular formula is C25H40N2O4. The molecule has 0 bridgehead atoms. The van der Waals surface area contributed by atoms with Gasteiger partial charge in [0.05, 0.1) is 12.7 Å². The highest BCUT2D eigenvalue weighted by atomic mass is 16.5. The number of hydrogen-bond donors (Lipinski definition) is 2. The van der Waals surface area contributed by atoms with Crippen molar-refractivity contribution in [3.05, 3.63) is 24.3 Å². The zero-order valence-electron chi connectivity index (χ0n) is 19.3. The average Bonchev–Trinajstić information content (AvgIpc) is 2.75. The second-order valence-corrected chi connectivity index (χ2v) is 8.69. The molecule has 0 unspecified atom stereocenters. The fourth-order valence-corrected chi connectivity index (χ4v) is 3.79. The van der Waals surface area contributed by atoms with Crippen LogP contribution in [0.3, 0.4) is 0 Å². The molecule has 2 rings (SSSR count). The van der Waals surface area contributed by atoms with Crippen molar-refractivity contribution in [3.8, 4) is 5.75 Å². The molecule has 0 saturated heterocycles. The summed E-state index contributed by atoms with van der Waals surface area (Å²) in [4.78, 5) is 23.9. The van der Waals surface area contributed by atoms with Gasteiger partial charge in [-0.2, -0.15) is 0 Å². The van der Waals surface area contributed by atoms with Crippen LogP contribution in [0.25, 0.3) is 0 Å². The van der Waals surface area contributed by atoms with E-state index in [-0.39, 0.29) is 17.9 Å². The van der Waals surface area contributed by atoms with E-state index in [1.54, 1.807) is 0 Å². The highest BCUT2D eigenvalue weighted by Crippen LogP contribution is 2.26. The number of nitrogens with one attached hydrogen (secondary N) is 2. The smallest absolute Gasteiger partial charge is 0.224 e. The minimum absolute atomic E-state index is 0.0212. The summed E-state index contributed by atoms with van der Waals surface area (Å²) in [6, 6.07) is 7.51. The van der Waals surface area contributed by atoms with Gasteiger partial charge in [-0.3, -0.25) is 9.59 Å². The lowest BCUT2D eigenvalue weighted by Crippen LogP contribution is -2.25. The molecule has 1 saturated carbocycles. The molecule has 31 heavy (non-hydrogen) atoms.